The zero-order valence-electron chi connectivity index (χ0n) is 20.4. The van der Waals surface area contributed by atoms with E-state index in [1.165, 1.54) is 0 Å². The van der Waals surface area contributed by atoms with Gasteiger partial charge in [0.15, 0.2) is 6.29 Å². The zero-order valence-corrected chi connectivity index (χ0v) is 20.4. The van der Waals surface area contributed by atoms with Crippen LogP contribution >= 0.6 is 0 Å². The number of esters is 2. The number of hydrogen-bond donors (Lipinski definition) is 1. The molecule has 0 aromatic heterocycles. The van der Waals surface area contributed by atoms with E-state index in [4.69, 9.17) is 14.2 Å². The summed E-state index contributed by atoms with van der Waals surface area (Å²) in [7, 11) is 0. The Hall–Kier alpha value is -1.92. The average molecular weight is 447 g/mol. The summed E-state index contributed by atoms with van der Waals surface area (Å²) in [5, 5.41) is 10.7. The Morgan fingerprint density at radius 1 is 1.19 bits per heavy atom. The van der Waals surface area contributed by atoms with Gasteiger partial charge in [0.05, 0.1) is 6.61 Å². The molecule has 6 heteroatoms. The second-order valence-electron chi connectivity index (χ2n) is 10.3. The maximum Gasteiger partial charge on any atom is 0.333 e. The molecule has 1 saturated carbocycles. The third-order valence-electron chi connectivity index (χ3n) is 7.92. The number of carbonyl (C=O) groups excluding carboxylic acids is 2. The van der Waals surface area contributed by atoms with Crippen LogP contribution in [0.2, 0.25) is 0 Å². The Labute approximate surface area is 191 Å². The Morgan fingerprint density at radius 2 is 1.84 bits per heavy atom. The van der Waals surface area contributed by atoms with Crippen molar-refractivity contribution in [3.63, 3.8) is 0 Å². The van der Waals surface area contributed by atoms with Gasteiger partial charge in [-0.1, -0.05) is 45.9 Å². The third-order valence-corrected chi connectivity index (χ3v) is 7.92. The molecule has 0 aromatic carbocycles. The number of allylic oxidation sites excluding steroid dienone is 3. The molecule has 2 fully saturated rings. The molecule has 0 bridgehead atoms. The van der Waals surface area contributed by atoms with Crippen LogP contribution in [0, 0.1) is 22.7 Å². The topological polar surface area (TPSA) is 82.1 Å². The highest BCUT2D eigenvalue weighted by Crippen LogP contribution is 2.62. The van der Waals surface area contributed by atoms with Crippen molar-refractivity contribution in [1.29, 1.82) is 0 Å². The first-order chi connectivity index (χ1) is 15.0. The number of ether oxygens (including phenoxy) is 3. The van der Waals surface area contributed by atoms with Crippen LogP contribution in [0.4, 0.5) is 0 Å². The van der Waals surface area contributed by atoms with E-state index in [1.807, 2.05) is 13.0 Å². The maximum absolute atomic E-state index is 12.9. The third kappa shape index (κ3) is 4.19. The van der Waals surface area contributed by atoms with Crippen molar-refractivity contribution >= 4 is 11.9 Å². The van der Waals surface area contributed by atoms with Gasteiger partial charge in [0.2, 0.25) is 0 Å². The summed E-state index contributed by atoms with van der Waals surface area (Å²) >= 11 is 0. The first-order valence-corrected chi connectivity index (χ1v) is 11.7. The number of aliphatic hydroxyl groups is 1. The van der Waals surface area contributed by atoms with Crippen LogP contribution in [-0.2, 0) is 23.8 Å². The molecular formula is C26H38O6. The number of aliphatic hydroxyl groups excluding tert-OH is 1. The highest BCUT2D eigenvalue weighted by atomic mass is 16.6. The average Bonchev–Trinajstić information content (AvgIpc) is 3.12. The molecule has 0 spiro atoms. The Kier molecular flexibility index (Phi) is 7.06. The lowest BCUT2D eigenvalue weighted by Crippen LogP contribution is -2.62. The van der Waals surface area contributed by atoms with Gasteiger partial charge in [0.25, 0.3) is 0 Å². The number of hydrogen-bond acceptors (Lipinski definition) is 6. The van der Waals surface area contributed by atoms with Crippen LogP contribution < -0.4 is 0 Å². The first kappa shape index (κ1) is 24.7. The standard InChI is InChI=1S/C26H38O6/c1-8-10-16(4)23(28)32-21-18(31-22(27)15(3)9-2)13-26(7)19(25(21,5)6)12-11-17-14-30-24(29)20(17)26/h9-11,18-21,24,29H,8,12-14H2,1-7H3. The molecule has 0 amide bonds. The summed E-state index contributed by atoms with van der Waals surface area (Å²) < 4.78 is 17.6. The number of rotatable bonds is 5. The van der Waals surface area contributed by atoms with Crippen LogP contribution in [0.15, 0.2) is 34.9 Å². The van der Waals surface area contributed by atoms with Crippen molar-refractivity contribution in [1.82, 2.24) is 0 Å². The van der Waals surface area contributed by atoms with Gasteiger partial charge in [-0.15, -0.1) is 0 Å². The zero-order chi connectivity index (χ0) is 23.8. The van der Waals surface area contributed by atoms with Gasteiger partial charge in [-0.05, 0) is 56.9 Å². The van der Waals surface area contributed by atoms with Crippen LogP contribution in [-0.4, -0.2) is 42.1 Å². The monoisotopic (exact) mass is 446 g/mol. The lowest BCUT2D eigenvalue weighted by Gasteiger charge is -2.59. The van der Waals surface area contributed by atoms with E-state index < -0.39 is 29.9 Å². The second-order valence-corrected chi connectivity index (χ2v) is 10.3. The highest BCUT2D eigenvalue weighted by molar-refractivity contribution is 5.88. The van der Waals surface area contributed by atoms with E-state index in [0.717, 1.165) is 18.4 Å². The summed E-state index contributed by atoms with van der Waals surface area (Å²) in [6.45, 7) is 14.0. The van der Waals surface area contributed by atoms with Gasteiger partial charge in [0, 0.05) is 22.5 Å². The predicted molar refractivity (Wildman–Crippen MR) is 121 cm³/mol. The van der Waals surface area contributed by atoms with E-state index in [0.29, 0.717) is 24.2 Å². The molecule has 6 atom stereocenters. The summed E-state index contributed by atoms with van der Waals surface area (Å²) in [4.78, 5) is 25.6. The Balaban J connectivity index is 2.02. The Bertz CT molecular complexity index is 850. The molecule has 3 rings (SSSR count). The van der Waals surface area contributed by atoms with Gasteiger partial charge in [-0.25, -0.2) is 9.59 Å². The first-order valence-electron chi connectivity index (χ1n) is 11.7. The van der Waals surface area contributed by atoms with Gasteiger partial charge in [-0.3, -0.25) is 0 Å². The minimum Gasteiger partial charge on any atom is -0.455 e. The number of carbonyl (C=O) groups is 2. The van der Waals surface area contributed by atoms with Gasteiger partial charge < -0.3 is 19.3 Å². The van der Waals surface area contributed by atoms with Crippen molar-refractivity contribution in [3.05, 3.63) is 34.9 Å². The van der Waals surface area contributed by atoms with Gasteiger partial charge >= 0.3 is 11.9 Å². The van der Waals surface area contributed by atoms with E-state index in [-0.39, 0.29) is 23.2 Å². The van der Waals surface area contributed by atoms with Crippen molar-refractivity contribution in [3.8, 4) is 0 Å². The molecule has 0 radical (unpaired) electrons. The summed E-state index contributed by atoms with van der Waals surface area (Å²) in [6, 6.07) is 0. The van der Waals surface area contributed by atoms with E-state index in [2.05, 4.69) is 26.8 Å². The summed E-state index contributed by atoms with van der Waals surface area (Å²) in [6.07, 6.45) is 5.65. The lowest BCUT2D eigenvalue weighted by atomic mass is 9.47. The molecule has 1 saturated heterocycles. The normalized spacial score (nSPS) is 36.6. The molecule has 3 aliphatic rings. The molecule has 1 heterocycles. The van der Waals surface area contributed by atoms with Crippen molar-refractivity contribution in [2.75, 3.05) is 6.61 Å². The molecule has 0 aromatic rings. The molecule has 6 nitrogen and oxygen atoms in total. The predicted octanol–water partition coefficient (Wildman–Crippen LogP) is 4.48. The Morgan fingerprint density at radius 3 is 2.47 bits per heavy atom. The number of fused-ring (bicyclic) bond motifs is 3. The summed E-state index contributed by atoms with van der Waals surface area (Å²) in [5.41, 5.74) is 1.32. The van der Waals surface area contributed by atoms with E-state index >= 15 is 0 Å². The fourth-order valence-corrected chi connectivity index (χ4v) is 6.16. The maximum atomic E-state index is 12.9. The van der Waals surface area contributed by atoms with E-state index in [9.17, 15) is 14.7 Å². The molecule has 1 N–H and O–H groups in total. The van der Waals surface area contributed by atoms with Crippen LogP contribution in [0.1, 0.15) is 67.7 Å². The summed E-state index contributed by atoms with van der Waals surface area (Å²) in [5.74, 6) is -0.838. The van der Waals surface area contributed by atoms with E-state index in [1.54, 1.807) is 26.8 Å². The van der Waals surface area contributed by atoms with Crippen LogP contribution in [0.3, 0.4) is 0 Å². The fourth-order valence-electron chi connectivity index (χ4n) is 6.16. The smallest absolute Gasteiger partial charge is 0.333 e. The molecule has 6 unspecified atom stereocenters. The van der Waals surface area contributed by atoms with Gasteiger partial charge in [-0.2, -0.15) is 0 Å². The minimum atomic E-state index is -0.882. The van der Waals surface area contributed by atoms with Crippen molar-refractivity contribution in [2.45, 2.75) is 86.2 Å². The SMILES string of the molecule is CC=C(C)C(=O)OC1CC2(C)C3C(=CCC2C(C)(C)C1OC(=O)C(C)=CCC)COC3O. The molecule has 1 aliphatic heterocycles. The minimum absolute atomic E-state index is 0.117. The highest BCUT2D eigenvalue weighted by Gasteiger charge is 2.63. The molecule has 2 aliphatic carbocycles. The molecular weight excluding hydrogens is 408 g/mol. The molecule has 32 heavy (non-hydrogen) atoms. The van der Waals surface area contributed by atoms with Gasteiger partial charge in [0.1, 0.15) is 12.2 Å². The van der Waals surface area contributed by atoms with Crippen LogP contribution in [0.25, 0.3) is 0 Å². The second kappa shape index (κ2) is 9.14. The largest absolute Gasteiger partial charge is 0.455 e. The lowest BCUT2D eigenvalue weighted by molar-refractivity contribution is -0.220. The molecule has 178 valence electrons. The van der Waals surface area contributed by atoms with Crippen molar-refractivity contribution in [2.24, 2.45) is 22.7 Å². The quantitative estimate of drug-likeness (QED) is 0.381. The van der Waals surface area contributed by atoms with Crippen molar-refractivity contribution < 1.29 is 28.9 Å². The fraction of sp³-hybridized carbons (Fsp3) is 0.692. The van der Waals surface area contributed by atoms with Crippen LogP contribution in [0.5, 0.6) is 0 Å².